The minimum atomic E-state index is -2.95. The van der Waals surface area contributed by atoms with E-state index in [1.165, 1.54) is 0 Å². The molecule has 0 bridgehead atoms. The molecule has 3 N–H and O–H groups in total. The fourth-order valence-electron chi connectivity index (χ4n) is 1.33. The van der Waals surface area contributed by atoms with E-state index in [0.717, 1.165) is 45.1 Å². The summed E-state index contributed by atoms with van der Waals surface area (Å²) in [6.45, 7) is 1.32. The number of nitrogens with two attached hydrogens (primary N) is 1. The molecule has 0 heterocycles. The van der Waals surface area contributed by atoms with Crippen molar-refractivity contribution in [3.05, 3.63) is 0 Å². The van der Waals surface area contributed by atoms with Crippen LogP contribution in [0.15, 0.2) is 0 Å². The van der Waals surface area contributed by atoms with Gasteiger partial charge in [-0.2, -0.15) is 0 Å². The highest BCUT2D eigenvalue weighted by Crippen LogP contribution is 2.27. The monoisotopic (exact) mass is 220 g/mol. The molecule has 4 nitrogen and oxygen atoms in total. The topological polar surface area (TPSA) is 72.2 Å². The largest absolute Gasteiger partial charge is 0.330 e. The molecular formula is C9H20N2O2S. The van der Waals surface area contributed by atoms with Gasteiger partial charge in [-0.1, -0.05) is 12.8 Å². The highest BCUT2D eigenvalue weighted by molar-refractivity contribution is 7.90. The lowest BCUT2D eigenvalue weighted by atomic mass is 10.2. The molecular weight excluding hydrogens is 200 g/mol. The molecule has 5 heteroatoms. The summed E-state index contributed by atoms with van der Waals surface area (Å²) >= 11 is 0. The molecule has 0 spiro atoms. The lowest BCUT2D eigenvalue weighted by Gasteiger charge is -2.04. The van der Waals surface area contributed by atoms with Gasteiger partial charge < -0.3 is 5.73 Å². The van der Waals surface area contributed by atoms with Crippen LogP contribution in [0, 0.1) is 0 Å². The van der Waals surface area contributed by atoms with Crippen molar-refractivity contribution in [2.45, 2.75) is 43.8 Å². The maximum absolute atomic E-state index is 11.4. The summed E-state index contributed by atoms with van der Waals surface area (Å²) in [7, 11) is -2.95. The molecule has 1 rings (SSSR count). The Morgan fingerprint density at radius 1 is 1.14 bits per heavy atom. The Balaban J connectivity index is 1.98. The van der Waals surface area contributed by atoms with Crippen LogP contribution in [0.2, 0.25) is 0 Å². The van der Waals surface area contributed by atoms with Crippen LogP contribution in [-0.4, -0.2) is 26.8 Å². The Morgan fingerprint density at radius 3 is 2.36 bits per heavy atom. The highest BCUT2D eigenvalue weighted by Gasteiger charge is 2.34. The number of hydrogen-bond acceptors (Lipinski definition) is 3. The van der Waals surface area contributed by atoms with E-state index in [4.69, 9.17) is 5.73 Å². The van der Waals surface area contributed by atoms with E-state index in [-0.39, 0.29) is 5.25 Å². The summed E-state index contributed by atoms with van der Waals surface area (Å²) in [6.07, 6.45) is 5.79. The van der Waals surface area contributed by atoms with Crippen LogP contribution >= 0.6 is 0 Å². The van der Waals surface area contributed by atoms with Crippen LogP contribution in [0.25, 0.3) is 0 Å². The first-order valence-electron chi connectivity index (χ1n) is 5.35. The Bertz CT molecular complexity index is 248. The van der Waals surface area contributed by atoms with Gasteiger partial charge in [0, 0.05) is 6.54 Å². The molecule has 14 heavy (non-hydrogen) atoms. The zero-order chi connectivity index (χ0) is 10.4. The van der Waals surface area contributed by atoms with Crippen LogP contribution in [0.5, 0.6) is 0 Å². The summed E-state index contributed by atoms with van der Waals surface area (Å²) in [4.78, 5) is 0. The van der Waals surface area contributed by atoms with Crippen molar-refractivity contribution in [3.63, 3.8) is 0 Å². The first-order chi connectivity index (χ1) is 6.67. The average molecular weight is 220 g/mol. The second kappa shape index (κ2) is 5.68. The summed E-state index contributed by atoms with van der Waals surface area (Å²) in [5, 5.41) is -0.0912. The third-order valence-electron chi connectivity index (χ3n) is 2.40. The molecule has 0 aromatic rings. The minimum absolute atomic E-state index is 0.0912. The molecule has 0 atom stereocenters. The number of rotatable bonds is 8. The smallest absolute Gasteiger partial charge is 0.214 e. The Labute approximate surface area is 86.3 Å². The molecule has 0 unspecified atom stereocenters. The molecule has 0 radical (unpaired) electrons. The molecule has 0 aromatic heterocycles. The van der Waals surface area contributed by atoms with E-state index in [2.05, 4.69) is 4.72 Å². The lowest BCUT2D eigenvalue weighted by Crippen LogP contribution is -2.28. The predicted octanol–water partition coefficient (Wildman–Crippen LogP) is 0.587. The summed E-state index contributed by atoms with van der Waals surface area (Å²) in [5.74, 6) is 0. The molecule has 1 fully saturated rings. The van der Waals surface area contributed by atoms with Crippen LogP contribution < -0.4 is 10.5 Å². The Hall–Kier alpha value is -0.130. The van der Waals surface area contributed by atoms with Gasteiger partial charge in [0.05, 0.1) is 5.25 Å². The second-order valence-electron chi connectivity index (χ2n) is 3.84. The van der Waals surface area contributed by atoms with E-state index in [1.54, 1.807) is 0 Å². The van der Waals surface area contributed by atoms with Gasteiger partial charge in [-0.25, -0.2) is 13.1 Å². The minimum Gasteiger partial charge on any atom is -0.330 e. The molecule has 1 aliphatic carbocycles. The molecule has 0 aromatic carbocycles. The summed E-state index contributed by atoms with van der Waals surface area (Å²) < 4.78 is 25.3. The quantitative estimate of drug-likeness (QED) is 0.588. The maximum Gasteiger partial charge on any atom is 0.214 e. The van der Waals surface area contributed by atoms with Gasteiger partial charge in [-0.15, -0.1) is 0 Å². The fourth-order valence-corrected chi connectivity index (χ4v) is 2.75. The number of sulfonamides is 1. The average Bonchev–Trinajstić information content (AvgIpc) is 2.94. The van der Waals surface area contributed by atoms with E-state index in [0.29, 0.717) is 6.54 Å². The second-order valence-corrected chi connectivity index (χ2v) is 5.89. The lowest BCUT2D eigenvalue weighted by molar-refractivity contribution is 0.571. The van der Waals surface area contributed by atoms with Crippen molar-refractivity contribution in [2.75, 3.05) is 13.1 Å². The van der Waals surface area contributed by atoms with Gasteiger partial charge in [0.25, 0.3) is 0 Å². The summed E-state index contributed by atoms with van der Waals surface area (Å²) in [6, 6.07) is 0. The summed E-state index contributed by atoms with van der Waals surface area (Å²) in [5.41, 5.74) is 5.35. The zero-order valence-corrected chi connectivity index (χ0v) is 9.35. The van der Waals surface area contributed by atoms with E-state index in [9.17, 15) is 8.42 Å². The SMILES string of the molecule is NCCCCCCNS(=O)(=O)C1CC1. The van der Waals surface area contributed by atoms with Crippen molar-refractivity contribution < 1.29 is 8.42 Å². The first-order valence-corrected chi connectivity index (χ1v) is 6.90. The number of unbranched alkanes of at least 4 members (excludes halogenated alkanes) is 3. The first kappa shape index (κ1) is 11.9. The van der Waals surface area contributed by atoms with Crippen molar-refractivity contribution in [3.8, 4) is 0 Å². The van der Waals surface area contributed by atoms with Crippen molar-refractivity contribution >= 4 is 10.0 Å². The number of hydrogen-bond donors (Lipinski definition) is 2. The zero-order valence-electron chi connectivity index (χ0n) is 8.54. The Kier molecular flexibility index (Phi) is 4.84. The molecule has 84 valence electrons. The van der Waals surface area contributed by atoms with Crippen LogP contribution in [0.1, 0.15) is 38.5 Å². The molecule has 0 amide bonds. The van der Waals surface area contributed by atoms with Crippen LogP contribution in [-0.2, 0) is 10.0 Å². The molecule has 0 aliphatic heterocycles. The van der Waals surface area contributed by atoms with Crippen molar-refractivity contribution in [2.24, 2.45) is 5.73 Å². The van der Waals surface area contributed by atoms with Gasteiger partial charge in [-0.05, 0) is 32.2 Å². The van der Waals surface area contributed by atoms with Crippen molar-refractivity contribution in [1.29, 1.82) is 0 Å². The van der Waals surface area contributed by atoms with Crippen molar-refractivity contribution in [1.82, 2.24) is 4.72 Å². The molecule has 0 saturated heterocycles. The van der Waals surface area contributed by atoms with Gasteiger partial charge in [0.2, 0.25) is 10.0 Å². The van der Waals surface area contributed by atoms with E-state index >= 15 is 0 Å². The predicted molar refractivity (Wildman–Crippen MR) is 57.5 cm³/mol. The van der Waals surface area contributed by atoms with E-state index < -0.39 is 10.0 Å². The van der Waals surface area contributed by atoms with Gasteiger partial charge in [0.1, 0.15) is 0 Å². The standard InChI is InChI=1S/C9H20N2O2S/c10-7-3-1-2-4-8-11-14(12,13)9-5-6-9/h9,11H,1-8,10H2. The fraction of sp³-hybridized carbons (Fsp3) is 1.00. The highest BCUT2D eigenvalue weighted by atomic mass is 32.2. The number of nitrogens with one attached hydrogen (secondary N) is 1. The third kappa shape index (κ3) is 4.39. The maximum atomic E-state index is 11.4. The van der Waals surface area contributed by atoms with E-state index in [1.807, 2.05) is 0 Å². The van der Waals surface area contributed by atoms with Gasteiger partial charge >= 0.3 is 0 Å². The normalized spacial score (nSPS) is 17.2. The third-order valence-corrected chi connectivity index (χ3v) is 4.35. The van der Waals surface area contributed by atoms with Gasteiger partial charge in [-0.3, -0.25) is 0 Å². The van der Waals surface area contributed by atoms with Gasteiger partial charge in [0.15, 0.2) is 0 Å². The molecule has 1 saturated carbocycles. The van der Waals surface area contributed by atoms with Crippen LogP contribution in [0.4, 0.5) is 0 Å². The Morgan fingerprint density at radius 2 is 1.79 bits per heavy atom. The van der Waals surface area contributed by atoms with Crippen LogP contribution in [0.3, 0.4) is 0 Å². The molecule has 1 aliphatic rings.